The fourth-order valence-electron chi connectivity index (χ4n) is 2.39. The molecule has 0 radical (unpaired) electrons. The van der Waals surface area contributed by atoms with Gasteiger partial charge in [-0.1, -0.05) is 0 Å². The third-order valence-electron chi connectivity index (χ3n) is 3.44. The second-order valence-electron chi connectivity index (χ2n) is 5.13. The predicted molar refractivity (Wildman–Crippen MR) is 87.5 cm³/mol. The maximum absolute atomic E-state index is 12.5. The molecule has 122 valence electrons. The Morgan fingerprint density at radius 1 is 1.50 bits per heavy atom. The number of aromatic nitrogens is 2. The quantitative estimate of drug-likeness (QED) is 0.762. The Morgan fingerprint density at radius 2 is 2.33 bits per heavy atom. The van der Waals surface area contributed by atoms with E-state index in [1.165, 1.54) is 6.26 Å². The van der Waals surface area contributed by atoms with Gasteiger partial charge in [0, 0.05) is 23.3 Å². The number of furan rings is 1. The maximum atomic E-state index is 12.5. The number of fused-ring (bicyclic) bond motifs is 1. The number of rotatable bonds is 5. The van der Waals surface area contributed by atoms with Gasteiger partial charge in [0.05, 0.1) is 35.5 Å². The molecule has 2 unspecified atom stereocenters. The molecule has 2 atom stereocenters. The minimum atomic E-state index is -1.02. The van der Waals surface area contributed by atoms with E-state index in [0.717, 1.165) is 5.69 Å². The topological polar surface area (TPSA) is 100 Å². The van der Waals surface area contributed by atoms with Crippen molar-refractivity contribution in [3.8, 4) is 6.07 Å². The number of carbonyl (C=O) groups excluding carboxylic acids is 1. The zero-order valence-corrected chi connectivity index (χ0v) is 13.6. The van der Waals surface area contributed by atoms with Gasteiger partial charge >= 0.3 is 0 Å². The second-order valence-corrected chi connectivity index (χ2v) is 6.57. The summed E-state index contributed by atoms with van der Waals surface area (Å²) in [5.74, 6) is 0.279. The van der Waals surface area contributed by atoms with Gasteiger partial charge in [0.25, 0.3) is 5.91 Å². The summed E-state index contributed by atoms with van der Waals surface area (Å²) >= 11 is 0. The summed E-state index contributed by atoms with van der Waals surface area (Å²) in [5, 5.41) is 11.9. The van der Waals surface area contributed by atoms with Crippen molar-refractivity contribution in [3.05, 3.63) is 59.9 Å². The normalized spacial score (nSPS) is 13.3. The molecule has 8 heteroatoms. The molecule has 3 aromatic rings. The highest BCUT2D eigenvalue weighted by molar-refractivity contribution is 7.83. The van der Waals surface area contributed by atoms with Crippen LogP contribution >= 0.6 is 0 Å². The minimum Gasteiger partial charge on any atom is -0.466 e. The number of hydrogen-bond acceptors (Lipinski definition) is 5. The first-order chi connectivity index (χ1) is 11.6. The molecule has 0 saturated heterocycles. The van der Waals surface area contributed by atoms with Crippen molar-refractivity contribution >= 4 is 22.4 Å². The van der Waals surface area contributed by atoms with Crippen LogP contribution in [0.3, 0.4) is 0 Å². The van der Waals surface area contributed by atoms with Crippen LogP contribution in [0.1, 0.15) is 27.9 Å². The first-order valence-electron chi connectivity index (χ1n) is 7.09. The van der Waals surface area contributed by atoms with Crippen LogP contribution in [0.2, 0.25) is 0 Å². The van der Waals surface area contributed by atoms with Crippen LogP contribution in [0.25, 0.3) is 5.65 Å². The summed E-state index contributed by atoms with van der Waals surface area (Å²) in [6, 6.07) is 7.72. The molecule has 0 aliphatic carbocycles. The Kier molecular flexibility index (Phi) is 4.44. The third-order valence-corrected chi connectivity index (χ3v) is 4.14. The molecule has 0 saturated carbocycles. The molecular formula is C16H14N4O3S. The van der Waals surface area contributed by atoms with Gasteiger partial charge in [-0.3, -0.25) is 9.00 Å². The van der Waals surface area contributed by atoms with Crippen LogP contribution in [0, 0.1) is 11.3 Å². The summed E-state index contributed by atoms with van der Waals surface area (Å²) in [6.45, 7) is 0. The number of nitrogens with one attached hydrogen (secondary N) is 1. The lowest BCUT2D eigenvalue weighted by Gasteiger charge is -2.10. The molecular weight excluding hydrogens is 328 g/mol. The van der Waals surface area contributed by atoms with E-state index in [1.807, 2.05) is 6.07 Å². The van der Waals surface area contributed by atoms with Crippen molar-refractivity contribution in [2.24, 2.45) is 0 Å². The van der Waals surface area contributed by atoms with E-state index in [4.69, 9.17) is 4.42 Å². The van der Waals surface area contributed by atoms with Gasteiger partial charge < -0.3 is 14.1 Å². The van der Waals surface area contributed by atoms with E-state index in [0.29, 0.717) is 22.7 Å². The number of amides is 1. The highest BCUT2D eigenvalue weighted by Crippen LogP contribution is 2.17. The summed E-state index contributed by atoms with van der Waals surface area (Å²) in [5.41, 5.74) is 1.53. The fourth-order valence-corrected chi connectivity index (χ4v) is 3.02. The molecule has 0 bridgehead atoms. The predicted octanol–water partition coefficient (Wildman–Crippen LogP) is 1.80. The molecule has 1 N–H and O–H groups in total. The first-order valence-corrected chi connectivity index (χ1v) is 8.81. The number of nitriles is 1. The van der Waals surface area contributed by atoms with Crippen LogP contribution in [0.15, 0.2) is 47.3 Å². The standard InChI is InChI=1S/C16H14N4O3S/c1-24(22)10-11-9-18-15-12(4-2-6-20(11)15)16(21)19-13(8-17)14-5-3-7-23-14/h2-7,9,13H,10H2,1H3,(H,19,21). The van der Waals surface area contributed by atoms with Crippen molar-refractivity contribution in [2.75, 3.05) is 6.26 Å². The van der Waals surface area contributed by atoms with Gasteiger partial charge in [0.2, 0.25) is 0 Å². The minimum absolute atomic E-state index is 0.331. The first kappa shape index (κ1) is 16.0. The maximum Gasteiger partial charge on any atom is 0.256 e. The molecule has 0 aliphatic rings. The van der Waals surface area contributed by atoms with Gasteiger partial charge in [-0.05, 0) is 24.3 Å². The zero-order chi connectivity index (χ0) is 17.1. The van der Waals surface area contributed by atoms with E-state index in [2.05, 4.69) is 10.3 Å². The van der Waals surface area contributed by atoms with E-state index in [-0.39, 0.29) is 0 Å². The van der Waals surface area contributed by atoms with E-state index in [9.17, 15) is 14.3 Å². The van der Waals surface area contributed by atoms with Gasteiger partial charge in [-0.25, -0.2) is 4.98 Å². The summed E-state index contributed by atoms with van der Waals surface area (Å²) in [4.78, 5) is 16.8. The average Bonchev–Trinajstić information content (AvgIpc) is 3.22. The molecule has 0 fully saturated rings. The van der Waals surface area contributed by atoms with Gasteiger partial charge in [0.15, 0.2) is 6.04 Å². The summed E-state index contributed by atoms with van der Waals surface area (Å²) in [7, 11) is -1.02. The van der Waals surface area contributed by atoms with Crippen molar-refractivity contribution in [1.29, 1.82) is 5.26 Å². The third kappa shape index (κ3) is 3.07. The van der Waals surface area contributed by atoms with Gasteiger partial charge in [-0.2, -0.15) is 5.26 Å². The molecule has 3 heterocycles. The van der Waals surface area contributed by atoms with Crippen molar-refractivity contribution in [2.45, 2.75) is 11.8 Å². The number of pyridine rings is 1. The van der Waals surface area contributed by atoms with Gasteiger partial charge in [0.1, 0.15) is 11.4 Å². The molecule has 7 nitrogen and oxygen atoms in total. The largest absolute Gasteiger partial charge is 0.466 e. The van der Waals surface area contributed by atoms with Crippen molar-refractivity contribution in [1.82, 2.24) is 14.7 Å². The Labute approximate surface area is 140 Å². The highest BCUT2D eigenvalue weighted by Gasteiger charge is 2.20. The zero-order valence-electron chi connectivity index (χ0n) is 12.8. The van der Waals surface area contributed by atoms with Crippen LogP contribution in [-0.4, -0.2) is 25.8 Å². The van der Waals surface area contributed by atoms with E-state index >= 15 is 0 Å². The lowest BCUT2D eigenvalue weighted by molar-refractivity contribution is 0.0942. The van der Waals surface area contributed by atoms with Crippen LogP contribution in [-0.2, 0) is 16.6 Å². The summed E-state index contributed by atoms with van der Waals surface area (Å²) in [6.07, 6.45) is 6.41. The van der Waals surface area contributed by atoms with E-state index in [1.54, 1.807) is 47.3 Å². The van der Waals surface area contributed by atoms with Gasteiger partial charge in [-0.15, -0.1) is 0 Å². The SMILES string of the molecule is CS(=O)Cc1cnc2c(C(=O)NC(C#N)c3ccco3)cccn12. The lowest BCUT2D eigenvalue weighted by Crippen LogP contribution is -2.27. The average molecular weight is 342 g/mol. The number of hydrogen-bond donors (Lipinski definition) is 1. The highest BCUT2D eigenvalue weighted by atomic mass is 32.2. The molecule has 0 spiro atoms. The fraction of sp³-hybridized carbons (Fsp3) is 0.188. The van der Waals surface area contributed by atoms with Crippen molar-refractivity contribution < 1.29 is 13.4 Å². The molecule has 0 aromatic carbocycles. The Bertz CT molecular complexity index is 940. The monoisotopic (exact) mass is 342 g/mol. The number of carbonyl (C=O) groups is 1. The molecule has 3 rings (SSSR count). The van der Waals surface area contributed by atoms with Crippen LogP contribution < -0.4 is 5.32 Å². The number of nitrogens with zero attached hydrogens (tertiary/aromatic N) is 3. The Morgan fingerprint density at radius 3 is 3.00 bits per heavy atom. The van der Waals surface area contributed by atoms with Crippen LogP contribution in [0.5, 0.6) is 0 Å². The Hall–Kier alpha value is -2.92. The Balaban J connectivity index is 1.91. The molecule has 0 aliphatic heterocycles. The van der Waals surface area contributed by atoms with Crippen molar-refractivity contribution in [3.63, 3.8) is 0 Å². The number of imidazole rings is 1. The molecule has 3 aromatic heterocycles. The van der Waals surface area contributed by atoms with Crippen LogP contribution in [0.4, 0.5) is 0 Å². The smallest absolute Gasteiger partial charge is 0.256 e. The summed E-state index contributed by atoms with van der Waals surface area (Å²) < 4.78 is 18.3. The van der Waals surface area contributed by atoms with E-state index < -0.39 is 22.7 Å². The molecule has 1 amide bonds. The molecule has 24 heavy (non-hydrogen) atoms. The second kappa shape index (κ2) is 6.68. The lowest BCUT2D eigenvalue weighted by atomic mass is 10.2.